The summed E-state index contributed by atoms with van der Waals surface area (Å²) in [6, 6.07) is 1.65. The molecule has 1 unspecified atom stereocenters. The largest absolute Gasteiger partial charge is 0.479 e. The van der Waals surface area contributed by atoms with Crippen molar-refractivity contribution in [2.24, 2.45) is 0 Å². The molecule has 1 N–H and O–H groups in total. The number of nitrogens with zero attached hydrogens (tertiary/aromatic N) is 2. The summed E-state index contributed by atoms with van der Waals surface area (Å²) in [5, 5.41) is 2.73. The molecule has 1 amide bonds. The minimum atomic E-state index is -0.426. The molecule has 0 aliphatic carbocycles. The van der Waals surface area contributed by atoms with Gasteiger partial charge in [0.15, 0.2) is 5.82 Å². The second-order valence-electron chi connectivity index (χ2n) is 4.96. The number of hydrogen-bond acceptors (Lipinski definition) is 5. The third-order valence-electron chi connectivity index (χ3n) is 3.33. The van der Waals surface area contributed by atoms with E-state index in [9.17, 15) is 9.18 Å². The van der Waals surface area contributed by atoms with Gasteiger partial charge in [0, 0.05) is 44.9 Å². The molecule has 0 aromatic carbocycles. The van der Waals surface area contributed by atoms with Gasteiger partial charge >= 0.3 is 0 Å². The summed E-state index contributed by atoms with van der Waals surface area (Å²) in [7, 11) is 1.40. The van der Waals surface area contributed by atoms with Crippen LogP contribution < -0.4 is 10.1 Å². The Labute approximate surface area is 123 Å². The fraction of sp³-hybridized carbons (Fsp3) is 0.571. The fourth-order valence-corrected chi connectivity index (χ4v) is 2.27. The molecule has 1 aromatic heterocycles. The first-order chi connectivity index (χ1) is 10.1. The number of morpholine rings is 1. The third-order valence-corrected chi connectivity index (χ3v) is 3.33. The van der Waals surface area contributed by atoms with E-state index in [1.165, 1.54) is 20.2 Å². The second-order valence-corrected chi connectivity index (χ2v) is 4.96. The van der Waals surface area contributed by atoms with Crippen molar-refractivity contribution in [3.8, 4) is 5.88 Å². The van der Waals surface area contributed by atoms with Crippen LogP contribution in [0, 0.1) is 5.82 Å². The molecule has 0 saturated carbocycles. The lowest BCUT2D eigenvalue weighted by Crippen LogP contribution is -2.46. The maximum atomic E-state index is 14.1. The van der Waals surface area contributed by atoms with E-state index in [2.05, 4.69) is 15.2 Å². The van der Waals surface area contributed by atoms with Crippen LogP contribution in [0.5, 0.6) is 5.88 Å². The first-order valence-corrected chi connectivity index (χ1v) is 6.86. The van der Waals surface area contributed by atoms with Gasteiger partial charge in [-0.15, -0.1) is 0 Å². The summed E-state index contributed by atoms with van der Waals surface area (Å²) >= 11 is 0. The van der Waals surface area contributed by atoms with Crippen LogP contribution in [0.15, 0.2) is 12.3 Å². The molecule has 21 heavy (non-hydrogen) atoms. The van der Waals surface area contributed by atoms with Crippen molar-refractivity contribution in [1.29, 1.82) is 0 Å². The highest BCUT2D eigenvalue weighted by atomic mass is 19.1. The van der Waals surface area contributed by atoms with E-state index in [4.69, 9.17) is 9.47 Å². The molecule has 2 rings (SSSR count). The number of rotatable bonds is 5. The van der Waals surface area contributed by atoms with Gasteiger partial charge in [-0.2, -0.15) is 0 Å². The molecule has 1 fully saturated rings. The molecule has 6 nitrogen and oxygen atoms in total. The molecule has 1 saturated heterocycles. The Bertz CT molecular complexity index is 498. The normalized spacial score (nSPS) is 19.3. The SMILES string of the molecule is COc1nccc(CN2CCOC(CNC(C)=O)C2)c1F. The molecule has 116 valence electrons. The van der Waals surface area contributed by atoms with Crippen LogP contribution >= 0.6 is 0 Å². The van der Waals surface area contributed by atoms with Crippen molar-refractivity contribution in [2.75, 3.05) is 33.4 Å². The standard InChI is InChI=1S/C14H20FN3O3/c1-10(19)17-7-12-9-18(5-6-21-12)8-11-3-4-16-14(20-2)13(11)15/h3-4,12H,5-9H2,1-2H3,(H,17,19). The Kier molecular flexibility index (Phi) is 5.46. The van der Waals surface area contributed by atoms with Crippen molar-refractivity contribution in [2.45, 2.75) is 19.6 Å². The number of aromatic nitrogens is 1. The number of nitrogens with one attached hydrogen (secondary N) is 1. The first kappa shape index (κ1) is 15.7. The van der Waals surface area contributed by atoms with Crippen LogP contribution in [-0.4, -0.2) is 55.2 Å². The molecule has 0 bridgehead atoms. The summed E-state index contributed by atoms with van der Waals surface area (Å²) in [6.45, 7) is 4.33. The molecule has 1 aliphatic rings. The summed E-state index contributed by atoms with van der Waals surface area (Å²) in [5.74, 6) is -0.499. The maximum absolute atomic E-state index is 14.1. The van der Waals surface area contributed by atoms with Gasteiger partial charge in [0.1, 0.15) is 0 Å². The third kappa shape index (κ3) is 4.37. The van der Waals surface area contributed by atoms with Gasteiger partial charge in [-0.05, 0) is 6.07 Å². The van der Waals surface area contributed by atoms with Gasteiger partial charge < -0.3 is 14.8 Å². The first-order valence-electron chi connectivity index (χ1n) is 6.86. The predicted octanol–water partition coefficient (Wildman–Crippen LogP) is 0.566. The molecule has 1 atom stereocenters. The van der Waals surface area contributed by atoms with Crippen LogP contribution in [0.25, 0.3) is 0 Å². The number of hydrogen-bond donors (Lipinski definition) is 1. The molecular formula is C14H20FN3O3. The van der Waals surface area contributed by atoms with Gasteiger partial charge in [-0.25, -0.2) is 9.37 Å². The maximum Gasteiger partial charge on any atom is 0.250 e. The second kappa shape index (κ2) is 7.33. The van der Waals surface area contributed by atoms with Crippen molar-refractivity contribution in [3.63, 3.8) is 0 Å². The van der Waals surface area contributed by atoms with Crippen LogP contribution in [0.4, 0.5) is 4.39 Å². The quantitative estimate of drug-likeness (QED) is 0.860. The smallest absolute Gasteiger partial charge is 0.250 e. The van der Waals surface area contributed by atoms with E-state index in [0.29, 0.717) is 31.8 Å². The van der Waals surface area contributed by atoms with Crippen LogP contribution in [0.3, 0.4) is 0 Å². The molecule has 1 aliphatic heterocycles. The Morgan fingerprint density at radius 2 is 2.48 bits per heavy atom. The lowest BCUT2D eigenvalue weighted by molar-refractivity contribution is -0.120. The number of methoxy groups -OCH3 is 1. The highest BCUT2D eigenvalue weighted by Gasteiger charge is 2.22. The zero-order chi connectivity index (χ0) is 15.2. The number of amides is 1. The highest BCUT2D eigenvalue weighted by molar-refractivity contribution is 5.72. The number of ether oxygens (including phenoxy) is 2. The Morgan fingerprint density at radius 3 is 3.19 bits per heavy atom. The van der Waals surface area contributed by atoms with Gasteiger partial charge in [0.2, 0.25) is 11.8 Å². The Balaban J connectivity index is 1.95. The molecule has 2 heterocycles. The van der Waals surface area contributed by atoms with E-state index in [1.807, 2.05) is 0 Å². The average Bonchev–Trinajstić information content (AvgIpc) is 2.48. The molecular weight excluding hydrogens is 277 g/mol. The van der Waals surface area contributed by atoms with E-state index in [0.717, 1.165) is 6.54 Å². The lowest BCUT2D eigenvalue weighted by atomic mass is 10.2. The minimum Gasteiger partial charge on any atom is -0.479 e. The highest BCUT2D eigenvalue weighted by Crippen LogP contribution is 2.19. The molecule has 0 radical (unpaired) electrons. The van der Waals surface area contributed by atoms with Gasteiger partial charge in [0.05, 0.1) is 19.8 Å². The van der Waals surface area contributed by atoms with Crippen molar-refractivity contribution in [1.82, 2.24) is 15.2 Å². The zero-order valence-corrected chi connectivity index (χ0v) is 12.3. The predicted molar refractivity (Wildman–Crippen MR) is 74.4 cm³/mol. The van der Waals surface area contributed by atoms with E-state index in [-0.39, 0.29) is 17.9 Å². The minimum absolute atomic E-state index is 0.00977. The van der Waals surface area contributed by atoms with Crippen molar-refractivity contribution >= 4 is 5.91 Å². The van der Waals surface area contributed by atoms with Crippen molar-refractivity contribution < 1.29 is 18.7 Å². The van der Waals surface area contributed by atoms with E-state index >= 15 is 0 Å². The number of pyridine rings is 1. The van der Waals surface area contributed by atoms with E-state index < -0.39 is 5.82 Å². The fourth-order valence-electron chi connectivity index (χ4n) is 2.27. The van der Waals surface area contributed by atoms with Crippen molar-refractivity contribution in [3.05, 3.63) is 23.6 Å². The Hall–Kier alpha value is -1.73. The van der Waals surface area contributed by atoms with Gasteiger partial charge in [-0.1, -0.05) is 0 Å². The Morgan fingerprint density at radius 1 is 1.67 bits per heavy atom. The summed E-state index contributed by atoms with van der Waals surface area (Å²) in [6.07, 6.45) is 1.46. The van der Waals surface area contributed by atoms with Gasteiger partial charge in [-0.3, -0.25) is 9.69 Å². The number of carbonyl (C=O) groups is 1. The number of carbonyl (C=O) groups excluding carboxylic acids is 1. The average molecular weight is 297 g/mol. The van der Waals surface area contributed by atoms with Gasteiger partial charge in [0.25, 0.3) is 0 Å². The zero-order valence-electron chi connectivity index (χ0n) is 12.3. The van der Waals surface area contributed by atoms with Crippen LogP contribution in [-0.2, 0) is 16.1 Å². The summed E-state index contributed by atoms with van der Waals surface area (Å²) in [5.41, 5.74) is 0.544. The molecule has 7 heteroatoms. The monoisotopic (exact) mass is 297 g/mol. The van der Waals surface area contributed by atoms with E-state index in [1.54, 1.807) is 6.07 Å². The lowest BCUT2D eigenvalue weighted by Gasteiger charge is -2.33. The van der Waals surface area contributed by atoms with Crippen LogP contribution in [0.2, 0.25) is 0 Å². The molecule has 1 aromatic rings. The molecule has 0 spiro atoms. The number of halogens is 1. The topological polar surface area (TPSA) is 63.7 Å². The summed E-state index contributed by atoms with van der Waals surface area (Å²) in [4.78, 5) is 16.8. The summed E-state index contributed by atoms with van der Waals surface area (Å²) < 4.78 is 24.5. The van der Waals surface area contributed by atoms with Crippen LogP contribution in [0.1, 0.15) is 12.5 Å².